The summed E-state index contributed by atoms with van der Waals surface area (Å²) in [5.41, 5.74) is 0.247. The van der Waals surface area contributed by atoms with Crippen molar-refractivity contribution in [2.75, 3.05) is 39.8 Å². The maximum absolute atomic E-state index is 12.6. The number of rotatable bonds is 4. The normalized spacial score (nSPS) is 25.7. The summed E-state index contributed by atoms with van der Waals surface area (Å²) in [6.07, 6.45) is 4.12. The van der Waals surface area contributed by atoms with E-state index < -0.39 is 0 Å². The Morgan fingerprint density at radius 2 is 2.12 bits per heavy atom. The van der Waals surface area contributed by atoms with E-state index in [1.54, 1.807) is 35.9 Å². The van der Waals surface area contributed by atoms with E-state index in [2.05, 4.69) is 15.3 Å². The van der Waals surface area contributed by atoms with Crippen molar-refractivity contribution in [2.45, 2.75) is 24.5 Å². The third-order valence-electron chi connectivity index (χ3n) is 5.50. The van der Waals surface area contributed by atoms with E-state index in [0.717, 1.165) is 6.54 Å². The molecule has 3 aliphatic rings. The Morgan fingerprint density at radius 1 is 1.36 bits per heavy atom. The Morgan fingerprint density at radius 3 is 2.72 bits per heavy atom. The van der Waals surface area contributed by atoms with E-state index in [1.807, 2.05) is 0 Å². The number of amides is 2. The molecule has 1 spiro atoms. The molecule has 3 fully saturated rings. The van der Waals surface area contributed by atoms with Gasteiger partial charge in [0.1, 0.15) is 17.3 Å². The molecule has 0 bridgehead atoms. The molecule has 25 heavy (non-hydrogen) atoms. The zero-order chi connectivity index (χ0) is 17.6. The highest BCUT2D eigenvalue weighted by Gasteiger charge is 2.52. The van der Waals surface area contributed by atoms with Crippen LogP contribution < -0.4 is 5.32 Å². The summed E-state index contributed by atoms with van der Waals surface area (Å²) in [4.78, 5) is 28.8. The van der Waals surface area contributed by atoms with Crippen LogP contribution in [0.2, 0.25) is 0 Å². The van der Waals surface area contributed by atoms with Gasteiger partial charge in [0.2, 0.25) is 5.91 Å². The average molecular weight is 347 g/mol. The lowest BCUT2D eigenvalue weighted by Crippen LogP contribution is -2.73. The molecule has 3 heterocycles. The topological polar surface area (TPSA) is 79.7 Å². The highest BCUT2D eigenvalue weighted by Crippen LogP contribution is 2.36. The van der Waals surface area contributed by atoms with Crippen LogP contribution in [-0.4, -0.2) is 82.9 Å². The Balaban J connectivity index is 1.41. The number of morpholine rings is 1. The third kappa shape index (κ3) is 3.04. The van der Waals surface area contributed by atoms with Crippen LogP contribution in [0, 0.1) is 5.92 Å². The quantitative estimate of drug-likeness (QED) is 0.792. The second kappa shape index (κ2) is 6.10. The highest BCUT2D eigenvalue weighted by atomic mass is 16.5. The van der Waals surface area contributed by atoms with Crippen molar-refractivity contribution >= 4 is 11.8 Å². The number of carbonyl (C=O) groups excluding carboxylic acids is 2. The molecule has 8 heteroatoms. The molecule has 4 rings (SSSR count). The van der Waals surface area contributed by atoms with Gasteiger partial charge in [0.25, 0.3) is 5.91 Å². The smallest absolute Gasteiger partial charge is 0.272 e. The Hall–Kier alpha value is -1.93. The first-order chi connectivity index (χ1) is 12.0. The predicted molar refractivity (Wildman–Crippen MR) is 89.9 cm³/mol. The van der Waals surface area contributed by atoms with E-state index in [0.29, 0.717) is 37.9 Å². The summed E-state index contributed by atoms with van der Waals surface area (Å²) in [5, 5.41) is 6.80. The summed E-state index contributed by atoms with van der Waals surface area (Å²) in [6.45, 7) is 3.17. The molecule has 2 amide bonds. The molecule has 0 aromatic carbocycles. The van der Waals surface area contributed by atoms with Gasteiger partial charge in [-0.2, -0.15) is 5.10 Å². The summed E-state index contributed by atoms with van der Waals surface area (Å²) >= 11 is 0. The summed E-state index contributed by atoms with van der Waals surface area (Å²) < 4.78 is 7.67. The maximum Gasteiger partial charge on any atom is 0.272 e. The number of aromatic nitrogens is 2. The molecular formula is C17H25N5O3. The fourth-order valence-corrected chi connectivity index (χ4v) is 3.85. The molecule has 1 unspecified atom stereocenters. The number of carbonyl (C=O) groups is 2. The van der Waals surface area contributed by atoms with Crippen LogP contribution in [-0.2, 0) is 16.6 Å². The zero-order valence-corrected chi connectivity index (χ0v) is 14.8. The summed E-state index contributed by atoms with van der Waals surface area (Å²) in [6, 6.07) is 1.51. The van der Waals surface area contributed by atoms with E-state index in [1.165, 1.54) is 12.8 Å². The second-order valence-electron chi connectivity index (χ2n) is 7.50. The molecule has 8 nitrogen and oxygen atoms in total. The molecule has 1 aromatic heterocycles. The fourth-order valence-electron chi connectivity index (χ4n) is 3.85. The first-order valence-corrected chi connectivity index (χ1v) is 8.88. The third-order valence-corrected chi connectivity index (χ3v) is 5.50. The maximum atomic E-state index is 12.6. The van der Waals surface area contributed by atoms with Crippen LogP contribution in [0.4, 0.5) is 0 Å². The van der Waals surface area contributed by atoms with Gasteiger partial charge in [-0.3, -0.25) is 19.2 Å². The van der Waals surface area contributed by atoms with Crippen molar-refractivity contribution in [3.63, 3.8) is 0 Å². The molecule has 1 aliphatic carbocycles. The van der Waals surface area contributed by atoms with Crippen LogP contribution >= 0.6 is 0 Å². The monoisotopic (exact) mass is 347 g/mol. The average Bonchev–Trinajstić information content (AvgIpc) is 3.29. The molecule has 1 saturated carbocycles. The predicted octanol–water partition coefficient (Wildman–Crippen LogP) is -0.528. The van der Waals surface area contributed by atoms with Crippen molar-refractivity contribution in [1.82, 2.24) is 24.9 Å². The van der Waals surface area contributed by atoms with Crippen LogP contribution in [0.25, 0.3) is 0 Å². The number of hydrogen-bond acceptors (Lipinski definition) is 5. The molecule has 2 saturated heterocycles. The molecule has 1 N–H and O–H groups in total. The minimum Gasteiger partial charge on any atom is -0.368 e. The van der Waals surface area contributed by atoms with Crippen molar-refractivity contribution in [2.24, 2.45) is 13.0 Å². The number of aryl methyl sites for hydroxylation is 1. The first kappa shape index (κ1) is 16.5. The Bertz CT molecular complexity index is 678. The van der Waals surface area contributed by atoms with Gasteiger partial charge in [0, 0.05) is 33.4 Å². The zero-order valence-electron chi connectivity index (χ0n) is 14.8. The lowest BCUT2D eigenvalue weighted by Gasteiger charge is -2.55. The number of likely N-dealkylation sites (N-methyl/N-ethyl adjacent to an activating group) is 1. The minimum absolute atomic E-state index is 0.0117. The number of hydrogen-bond donors (Lipinski definition) is 1. The van der Waals surface area contributed by atoms with Crippen molar-refractivity contribution in [1.29, 1.82) is 0 Å². The highest BCUT2D eigenvalue weighted by molar-refractivity contribution is 5.93. The Kier molecular flexibility index (Phi) is 4.04. The number of nitrogens with one attached hydrogen (secondary N) is 1. The molecule has 136 valence electrons. The van der Waals surface area contributed by atoms with Gasteiger partial charge >= 0.3 is 0 Å². The van der Waals surface area contributed by atoms with E-state index in [4.69, 9.17) is 4.74 Å². The molecular weight excluding hydrogens is 322 g/mol. The van der Waals surface area contributed by atoms with E-state index >= 15 is 0 Å². The standard InChI is InChI=1S/C17H25N5O3/c1-18-15(23)14-8-25-17(9-21(14)7-12-3-4-12)10-22(11-17)16(24)13-5-6-19-20(13)2/h5-6,12,14H,3-4,7-11H2,1-2H3,(H,18,23). The molecule has 0 radical (unpaired) electrons. The van der Waals surface area contributed by atoms with Crippen molar-refractivity contribution in [3.05, 3.63) is 18.0 Å². The molecule has 1 aromatic rings. The first-order valence-electron chi connectivity index (χ1n) is 8.88. The number of likely N-dealkylation sites (tertiary alicyclic amines) is 1. The number of ether oxygens (including phenoxy) is 1. The van der Waals surface area contributed by atoms with Crippen LogP contribution in [0.3, 0.4) is 0 Å². The summed E-state index contributed by atoms with van der Waals surface area (Å²) in [5.74, 6) is 0.698. The molecule has 2 aliphatic heterocycles. The van der Waals surface area contributed by atoms with E-state index in [-0.39, 0.29) is 23.5 Å². The second-order valence-corrected chi connectivity index (χ2v) is 7.50. The largest absolute Gasteiger partial charge is 0.368 e. The SMILES string of the molecule is CNC(=O)C1COC2(CN(C(=O)c3ccnn3C)C2)CN1CC1CC1. The van der Waals surface area contributed by atoms with Gasteiger partial charge in [0.05, 0.1) is 19.7 Å². The lowest BCUT2D eigenvalue weighted by atomic mass is 9.89. The van der Waals surface area contributed by atoms with Gasteiger partial charge in [-0.15, -0.1) is 0 Å². The fraction of sp³-hybridized carbons (Fsp3) is 0.706. The van der Waals surface area contributed by atoms with Gasteiger partial charge in [-0.1, -0.05) is 0 Å². The van der Waals surface area contributed by atoms with Gasteiger partial charge in [-0.05, 0) is 24.8 Å². The van der Waals surface area contributed by atoms with Crippen LogP contribution in [0.1, 0.15) is 23.3 Å². The Labute approximate surface area is 147 Å². The lowest BCUT2D eigenvalue weighted by molar-refractivity contribution is -0.191. The van der Waals surface area contributed by atoms with Gasteiger partial charge < -0.3 is 15.0 Å². The van der Waals surface area contributed by atoms with E-state index in [9.17, 15) is 9.59 Å². The van der Waals surface area contributed by atoms with Crippen LogP contribution in [0.5, 0.6) is 0 Å². The van der Waals surface area contributed by atoms with Crippen molar-refractivity contribution < 1.29 is 14.3 Å². The van der Waals surface area contributed by atoms with Gasteiger partial charge in [-0.25, -0.2) is 0 Å². The number of nitrogens with zero attached hydrogens (tertiary/aromatic N) is 4. The van der Waals surface area contributed by atoms with Crippen molar-refractivity contribution in [3.8, 4) is 0 Å². The minimum atomic E-state index is -0.340. The summed E-state index contributed by atoms with van der Waals surface area (Å²) in [7, 11) is 3.44. The van der Waals surface area contributed by atoms with Crippen LogP contribution in [0.15, 0.2) is 12.3 Å². The molecule has 1 atom stereocenters. The van der Waals surface area contributed by atoms with Gasteiger partial charge in [0.15, 0.2) is 0 Å².